The molecule has 16 heavy (non-hydrogen) atoms. The fraction of sp³-hybridized carbons (Fsp3) is 0.667. The first-order chi connectivity index (χ1) is 7.70. The van der Waals surface area contributed by atoms with E-state index in [1.165, 1.54) is 24.8 Å². The summed E-state index contributed by atoms with van der Waals surface area (Å²) in [6.07, 6.45) is 6.25. The van der Waals surface area contributed by atoms with E-state index in [1.807, 2.05) is 11.8 Å². The van der Waals surface area contributed by atoms with Crippen LogP contribution >= 0.6 is 34.7 Å². The van der Waals surface area contributed by atoms with Crippen molar-refractivity contribution in [1.29, 1.82) is 0 Å². The number of hydrogen-bond acceptors (Lipinski definition) is 3. The monoisotopic (exact) mass is 275 g/mol. The Kier molecular flexibility index (Phi) is 4.59. The lowest BCUT2D eigenvalue weighted by atomic mass is 10.1. The van der Waals surface area contributed by atoms with Crippen molar-refractivity contribution in [3.8, 4) is 0 Å². The van der Waals surface area contributed by atoms with Crippen molar-refractivity contribution in [2.75, 3.05) is 6.26 Å². The zero-order valence-corrected chi connectivity index (χ0v) is 12.1. The lowest BCUT2D eigenvalue weighted by molar-refractivity contribution is 0.468. The second-order valence-electron chi connectivity index (χ2n) is 4.38. The molecule has 1 fully saturated rings. The van der Waals surface area contributed by atoms with Crippen molar-refractivity contribution in [3.05, 3.63) is 21.3 Å². The van der Waals surface area contributed by atoms with Gasteiger partial charge in [0.05, 0.1) is 4.34 Å². The van der Waals surface area contributed by atoms with Crippen LogP contribution in [0.3, 0.4) is 0 Å². The maximum absolute atomic E-state index is 5.96. The fourth-order valence-corrected chi connectivity index (χ4v) is 4.30. The standard InChI is InChI=1S/C12H18ClNS2/c1-8(9-6-12(13)16-7-9)14-10-4-3-5-11(10)15-2/h6-8,10-11,14H,3-5H2,1-2H3. The van der Waals surface area contributed by atoms with Crippen molar-refractivity contribution in [2.24, 2.45) is 0 Å². The van der Waals surface area contributed by atoms with Crippen LogP contribution in [-0.2, 0) is 0 Å². The maximum atomic E-state index is 5.96. The van der Waals surface area contributed by atoms with Gasteiger partial charge in [0.15, 0.2) is 0 Å². The van der Waals surface area contributed by atoms with Gasteiger partial charge < -0.3 is 5.32 Å². The summed E-state index contributed by atoms with van der Waals surface area (Å²) in [7, 11) is 0. The highest BCUT2D eigenvalue weighted by Gasteiger charge is 2.27. The number of halogens is 1. The second-order valence-corrected chi connectivity index (χ2v) is 7.00. The Bertz CT molecular complexity index is 340. The zero-order valence-electron chi connectivity index (χ0n) is 9.70. The summed E-state index contributed by atoms with van der Waals surface area (Å²) < 4.78 is 0.886. The van der Waals surface area contributed by atoms with Crippen molar-refractivity contribution in [1.82, 2.24) is 5.32 Å². The van der Waals surface area contributed by atoms with Gasteiger partial charge in [-0.05, 0) is 43.0 Å². The smallest absolute Gasteiger partial charge is 0.0931 e. The third kappa shape index (κ3) is 2.95. The summed E-state index contributed by atoms with van der Waals surface area (Å²) >= 11 is 9.58. The average molecular weight is 276 g/mol. The highest BCUT2D eigenvalue weighted by atomic mass is 35.5. The van der Waals surface area contributed by atoms with Gasteiger partial charge in [0.2, 0.25) is 0 Å². The maximum Gasteiger partial charge on any atom is 0.0931 e. The number of rotatable bonds is 4. The molecule has 0 aliphatic heterocycles. The minimum absolute atomic E-state index is 0.418. The van der Waals surface area contributed by atoms with Gasteiger partial charge >= 0.3 is 0 Å². The highest BCUT2D eigenvalue weighted by Crippen LogP contribution is 2.31. The summed E-state index contributed by atoms with van der Waals surface area (Å²) in [5, 5.41) is 6.68. The molecule has 1 aliphatic carbocycles. The highest BCUT2D eigenvalue weighted by molar-refractivity contribution is 7.99. The van der Waals surface area contributed by atoms with Crippen LogP contribution < -0.4 is 5.32 Å². The molecule has 3 atom stereocenters. The first kappa shape index (κ1) is 12.7. The summed E-state index contributed by atoms with van der Waals surface area (Å²) in [6, 6.07) is 3.16. The first-order valence-corrected chi connectivity index (χ1v) is 8.28. The lowest BCUT2D eigenvalue weighted by Gasteiger charge is -2.23. The van der Waals surface area contributed by atoms with E-state index in [0.29, 0.717) is 12.1 Å². The van der Waals surface area contributed by atoms with E-state index in [4.69, 9.17) is 11.6 Å². The molecule has 0 aromatic carbocycles. The van der Waals surface area contributed by atoms with Crippen molar-refractivity contribution < 1.29 is 0 Å². The predicted molar refractivity (Wildman–Crippen MR) is 75.8 cm³/mol. The number of nitrogens with one attached hydrogen (secondary N) is 1. The number of hydrogen-bond donors (Lipinski definition) is 1. The van der Waals surface area contributed by atoms with Gasteiger partial charge in [0.1, 0.15) is 0 Å². The average Bonchev–Trinajstić information content (AvgIpc) is 2.86. The third-order valence-electron chi connectivity index (χ3n) is 3.31. The van der Waals surface area contributed by atoms with Crippen molar-refractivity contribution in [3.63, 3.8) is 0 Å². The minimum atomic E-state index is 0.418. The molecule has 1 heterocycles. The van der Waals surface area contributed by atoms with Gasteiger partial charge in [-0.1, -0.05) is 18.0 Å². The topological polar surface area (TPSA) is 12.0 Å². The van der Waals surface area contributed by atoms with Crippen LogP contribution in [0.25, 0.3) is 0 Å². The lowest BCUT2D eigenvalue weighted by Crippen LogP contribution is -2.35. The van der Waals surface area contributed by atoms with E-state index in [0.717, 1.165) is 9.59 Å². The van der Waals surface area contributed by atoms with Gasteiger partial charge in [0, 0.05) is 17.3 Å². The molecule has 1 saturated carbocycles. The van der Waals surface area contributed by atoms with E-state index >= 15 is 0 Å². The molecule has 1 aromatic rings. The Labute approximate surface area is 111 Å². The Balaban J connectivity index is 1.94. The predicted octanol–water partition coefficient (Wildman–Crippen LogP) is 4.34. The van der Waals surface area contributed by atoms with E-state index in [9.17, 15) is 0 Å². The molecule has 0 amide bonds. The van der Waals surface area contributed by atoms with Crippen LogP contribution in [0.1, 0.15) is 37.8 Å². The summed E-state index contributed by atoms with van der Waals surface area (Å²) in [4.78, 5) is 0. The van der Waals surface area contributed by atoms with E-state index in [2.05, 4.69) is 29.9 Å². The van der Waals surface area contributed by atoms with Crippen molar-refractivity contribution in [2.45, 2.75) is 43.5 Å². The Morgan fingerprint density at radius 3 is 3.00 bits per heavy atom. The van der Waals surface area contributed by atoms with Crippen LogP contribution in [0.5, 0.6) is 0 Å². The third-order valence-corrected chi connectivity index (χ3v) is 5.59. The molecule has 1 aliphatic rings. The largest absolute Gasteiger partial charge is 0.306 e. The van der Waals surface area contributed by atoms with E-state index in [1.54, 1.807) is 11.3 Å². The van der Waals surface area contributed by atoms with E-state index in [-0.39, 0.29) is 0 Å². The molecule has 0 radical (unpaired) electrons. The molecule has 1 N–H and O–H groups in total. The van der Waals surface area contributed by atoms with Gasteiger partial charge in [-0.2, -0.15) is 11.8 Å². The molecule has 1 aromatic heterocycles. The van der Waals surface area contributed by atoms with Crippen LogP contribution in [0.2, 0.25) is 4.34 Å². The second kappa shape index (κ2) is 5.76. The molecular formula is C12H18ClNS2. The molecule has 0 saturated heterocycles. The molecule has 0 spiro atoms. The Hall–Kier alpha value is 0.300. The summed E-state index contributed by atoms with van der Waals surface area (Å²) in [6.45, 7) is 2.23. The summed E-state index contributed by atoms with van der Waals surface area (Å²) in [5.41, 5.74) is 1.32. The molecular weight excluding hydrogens is 258 g/mol. The molecule has 4 heteroatoms. The molecule has 1 nitrogen and oxygen atoms in total. The Morgan fingerprint density at radius 1 is 1.56 bits per heavy atom. The van der Waals surface area contributed by atoms with Gasteiger partial charge in [0.25, 0.3) is 0 Å². The van der Waals surface area contributed by atoms with Gasteiger partial charge in [-0.25, -0.2) is 0 Å². The van der Waals surface area contributed by atoms with Crippen LogP contribution in [0.4, 0.5) is 0 Å². The Morgan fingerprint density at radius 2 is 2.38 bits per heavy atom. The van der Waals surface area contributed by atoms with Gasteiger partial charge in [-0.15, -0.1) is 11.3 Å². The number of thioether (sulfide) groups is 1. The van der Waals surface area contributed by atoms with Crippen LogP contribution in [0.15, 0.2) is 11.4 Å². The normalized spacial score (nSPS) is 27.2. The summed E-state index contributed by atoms with van der Waals surface area (Å²) in [5.74, 6) is 0. The molecule has 3 unspecified atom stereocenters. The minimum Gasteiger partial charge on any atom is -0.306 e. The zero-order chi connectivity index (χ0) is 11.5. The van der Waals surface area contributed by atoms with Crippen molar-refractivity contribution >= 4 is 34.7 Å². The molecule has 90 valence electrons. The van der Waals surface area contributed by atoms with Crippen LogP contribution in [0, 0.1) is 0 Å². The molecule has 0 bridgehead atoms. The first-order valence-electron chi connectivity index (χ1n) is 5.73. The number of thiophene rings is 1. The quantitative estimate of drug-likeness (QED) is 0.877. The fourth-order valence-electron chi connectivity index (χ4n) is 2.37. The molecule has 2 rings (SSSR count). The SMILES string of the molecule is CSC1CCCC1NC(C)c1csc(Cl)c1. The van der Waals surface area contributed by atoms with Gasteiger partial charge in [-0.3, -0.25) is 0 Å². The van der Waals surface area contributed by atoms with Crippen LogP contribution in [-0.4, -0.2) is 17.5 Å². The van der Waals surface area contributed by atoms with E-state index < -0.39 is 0 Å².